The van der Waals surface area contributed by atoms with Crippen molar-refractivity contribution < 1.29 is 4.79 Å². The van der Waals surface area contributed by atoms with Crippen molar-refractivity contribution >= 4 is 5.91 Å². The van der Waals surface area contributed by atoms with Crippen molar-refractivity contribution in [2.45, 2.75) is 38.3 Å². The van der Waals surface area contributed by atoms with E-state index in [1.807, 2.05) is 6.07 Å². The van der Waals surface area contributed by atoms with Crippen LogP contribution in [0.3, 0.4) is 0 Å². The van der Waals surface area contributed by atoms with Gasteiger partial charge in [-0.15, -0.1) is 0 Å². The molecule has 0 radical (unpaired) electrons. The monoisotopic (exact) mass is 322 g/mol. The number of hydrogen-bond acceptors (Lipinski definition) is 2. The van der Waals surface area contributed by atoms with Gasteiger partial charge in [0.25, 0.3) is 0 Å². The standard InChI is InChI=1S/C21H26N2O/c1-18(24)22-21(16-19-8-4-2-5-9-19)12-14-23(15-13-21)17-20-10-6-3-7-11-20/h2-11H,12-17H2,1H3,(H,22,24). The van der Waals surface area contributed by atoms with E-state index in [4.69, 9.17) is 0 Å². The lowest BCUT2D eigenvalue weighted by atomic mass is 9.81. The lowest BCUT2D eigenvalue weighted by molar-refractivity contribution is -0.121. The van der Waals surface area contributed by atoms with Crippen LogP contribution < -0.4 is 5.32 Å². The summed E-state index contributed by atoms with van der Waals surface area (Å²) in [4.78, 5) is 14.2. The molecular formula is C21H26N2O. The van der Waals surface area contributed by atoms with Crippen molar-refractivity contribution in [2.75, 3.05) is 13.1 Å². The summed E-state index contributed by atoms with van der Waals surface area (Å²) in [6, 6.07) is 21.1. The molecule has 1 fully saturated rings. The molecular weight excluding hydrogens is 296 g/mol. The number of piperidine rings is 1. The van der Waals surface area contributed by atoms with Gasteiger partial charge in [0.05, 0.1) is 0 Å². The fourth-order valence-corrected chi connectivity index (χ4v) is 3.69. The Balaban J connectivity index is 1.65. The summed E-state index contributed by atoms with van der Waals surface area (Å²) in [5, 5.41) is 3.26. The molecule has 2 aromatic rings. The van der Waals surface area contributed by atoms with Gasteiger partial charge in [-0.2, -0.15) is 0 Å². The minimum Gasteiger partial charge on any atom is -0.350 e. The smallest absolute Gasteiger partial charge is 0.217 e. The van der Waals surface area contributed by atoms with Gasteiger partial charge in [-0.3, -0.25) is 9.69 Å². The second-order valence-corrected chi connectivity index (χ2v) is 6.89. The molecule has 3 heteroatoms. The molecule has 3 rings (SSSR count). The van der Waals surface area contributed by atoms with Crippen LogP contribution in [0.1, 0.15) is 30.9 Å². The molecule has 0 atom stereocenters. The van der Waals surface area contributed by atoms with E-state index in [1.54, 1.807) is 6.92 Å². The molecule has 1 N–H and O–H groups in total. The van der Waals surface area contributed by atoms with Crippen LogP contribution in [0, 0.1) is 0 Å². The van der Waals surface area contributed by atoms with Gasteiger partial charge in [0.15, 0.2) is 0 Å². The zero-order valence-corrected chi connectivity index (χ0v) is 14.4. The van der Waals surface area contributed by atoms with E-state index in [0.717, 1.165) is 38.9 Å². The van der Waals surface area contributed by atoms with Crippen molar-refractivity contribution in [1.82, 2.24) is 10.2 Å². The van der Waals surface area contributed by atoms with E-state index in [1.165, 1.54) is 11.1 Å². The number of nitrogens with one attached hydrogen (secondary N) is 1. The molecule has 0 aromatic heterocycles. The first-order chi connectivity index (χ1) is 11.7. The lowest BCUT2D eigenvalue weighted by Crippen LogP contribution is -2.56. The summed E-state index contributed by atoms with van der Waals surface area (Å²) in [6.45, 7) is 4.65. The van der Waals surface area contributed by atoms with Crippen molar-refractivity contribution in [3.63, 3.8) is 0 Å². The number of rotatable bonds is 5. The summed E-state index contributed by atoms with van der Waals surface area (Å²) in [7, 11) is 0. The normalized spacial score (nSPS) is 17.4. The molecule has 1 aliphatic heterocycles. The van der Waals surface area contributed by atoms with Gasteiger partial charge in [0, 0.05) is 32.1 Å². The highest BCUT2D eigenvalue weighted by atomic mass is 16.1. The van der Waals surface area contributed by atoms with Gasteiger partial charge < -0.3 is 5.32 Å². The van der Waals surface area contributed by atoms with Crippen LogP contribution in [0.15, 0.2) is 60.7 Å². The molecule has 24 heavy (non-hydrogen) atoms. The number of likely N-dealkylation sites (tertiary alicyclic amines) is 1. The minimum atomic E-state index is -0.111. The third kappa shape index (κ3) is 4.45. The highest BCUT2D eigenvalue weighted by Gasteiger charge is 2.35. The molecule has 0 bridgehead atoms. The minimum absolute atomic E-state index is 0.0717. The number of carbonyl (C=O) groups is 1. The molecule has 2 aromatic carbocycles. The summed E-state index contributed by atoms with van der Waals surface area (Å²) < 4.78 is 0. The molecule has 126 valence electrons. The van der Waals surface area contributed by atoms with Gasteiger partial charge in [-0.25, -0.2) is 0 Å². The van der Waals surface area contributed by atoms with Crippen LogP contribution in [0.5, 0.6) is 0 Å². The lowest BCUT2D eigenvalue weighted by Gasteiger charge is -2.42. The van der Waals surface area contributed by atoms with Crippen LogP contribution >= 0.6 is 0 Å². The first-order valence-corrected chi connectivity index (χ1v) is 8.74. The highest BCUT2D eigenvalue weighted by molar-refractivity contribution is 5.74. The Hall–Kier alpha value is -2.13. The molecule has 1 heterocycles. The largest absolute Gasteiger partial charge is 0.350 e. The predicted molar refractivity (Wildman–Crippen MR) is 97.6 cm³/mol. The Bertz CT molecular complexity index is 646. The average Bonchev–Trinajstić information content (AvgIpc) is 2.58. The summed E-state index contributed by atoms with van der Waals surface area (Å²) in [5.74, 6) is 0.0717. The SMILES string of the molecule is CC(=O)NC1(Cc2ccccc2)CCN(Cc2ccccc2)CC1. The quantitative estimate of drug-likeness (QED) is 0.915. The van der Waals surface area contributed by atoms with Gasteiger partial charge >= 0.3 is 0 Å². The van der Waals surface area contributed by atoms with Crippen LogP contribution in [0.2, 0.25) is 0 Å². The van der Waals surface area contributed by atoms with Crippen molar-refractivity contribution in [3.05, 3.63) is 71.8 Å². The first kappa shape index (κ1) is 16.7. The molecule has 3 nitrogen and oxygen atoms in total. The summed E-state index contributed by atoms with van der Waals surface area (Å²) in [5.41, 5.74) is 2.54. The maximum atomic E-state index is 11.8. The zero-order chi connectivity index (χ0) is 16.8. The fraction of sp³-hybridized carbons (Fsp3) is 0.381. The Morgan fingerprint density at radius 1 is 0.958 bits per heavy atom. The van der Waals surface area contributed by atoms with Gasteiger partial charge in [-0.1, -0.05) is 60.7 Å². The Morgan fingerprint density at radius 3 is 2.04 bits per heavy atom. The summed E-state index contributed by atoms with van der Waals surface area (Å²) >= 11 is 0. The molecule has 1 aliphatic rings. The van der Waals surface area contributed by atoms with E-state index < -0.39 is 0 Å². The molecule has 1 saturated heterocycles. The molecule has 1 amide bonds. The van der Waals surface area contributed by atoms with Crippen molar-refractivity contribution in [2.24, 2.45) is 0 Å². The Morgan fingerprint density at radius 2 is 1.50 bits per heavy atom. The second-order valence-electron chi connectivity index (χ2n) is 6.89. The van der Waals surface area contributed by atoms with Crippen molar-refractivity contribution in [3.8, 4) is 0 Å². The summed E-state index contributed by atoms with van der Waals surface area (Å²) in [6.07, 6.45) is 2.90. The highest BCUT2D eigenvalue weighted by Crippen LogP contribution is 2.27. The van der Waals surface area contributed by atoms with Crippen LogP contribution in [0.25, 0.3) is 0 Å². The second kappa shape index (κ2) is 7.63. The molecule has 0 aliphatic carbocycles. The number of carbonyl (C=O) groups excluding carboxylic acids is 1. The van der Waals surface area contributed by atoms with Gasteiger partial charge in [0.2, 0.25) is 5.91 Å². The average molecular weight is 322 g/mol. The number of benzene rings is 2. The number of nitrogens with zero attached hydrogens (tertiary/aromatic N) is 1. The molecule has 0 spiro atoms. The number of hydrogen-bond donors (Lipinski definition) is 1. The van der Waals surface area contributed by atoms with Crippen LogP contribution in [-0.4, -0.2) is 29.4 Å². The van der Waals surface area contributed by atoms with E-state index in [2.05, 4.69) is 64.8 Å². The molecule has 0 unspecified atom stereocenters. The van der Waals surface area contributed by atoms with Gasteiger partial charge in [-0.05, 0) is 30.4 Å². The maximum Gasteiger partial charge on any atom is 0.217 e. The maximum absolute atomic E-state index is 11.8. The topological polar surface area (TPSA) is 32.3 Å². The predicted octanol–water partition coefficient (Wildman–Crippen LogP) is 3.40. The molecule has 0 saturated carbocycles. The first-order valence-electron chi connectivity index (χ1n) is 8.74. The van der Waals surface area contributed by atoms with E-state index >= 15 is 0 Å². The van der Waals surface area contributed by atoms with E-state index in [9.17, 15) is 4.79 Å². The third-order valence-corrected chi connectivity index (χ3v) is 4.89. The fourth-order valence-electron chi connectivity index (χ4n) is 3.69. The Kier molecular flexibility index (Phi) is 5.31. The third-order valence-electron chi connectivity index (χ3n) is 4.89. The van der Waals surface area contributed by atoms with Gasteiger partial charge in [0.1, 0.15) is 0 Å². The Labute approximate surface area is 144 Å². The van der Waals surface area contributed by atoms with Crippen LogP contribution in [0.4, 0.5) is 0 Å². The van der Waals surface area contributed by atoms with E-state index in [0.29, 0.717) is 0 Å². The van der Waals surface area contributed by atoms with Crippen LogP contribution in [-0.2, 0) is 17.8 Å². The number of amides is 1. The van der Waals surface area contributed by atoms with Crippen molar-refractivity contribution in [1.29, 1.82) is 0 Å². The zero-order valence-electron chi connectivity index (χ0n) is 14.4. The van der Waals surface area contributed by atoms with E-state index in [-0.39, 0.29) is 11.4 Å².